The van der Waals surface area contributed by atoms with Crippen molar-refractivity contribution < 1.29 is 9.69 Å². The Morgan fingerprint density at radius 3 is 2.67 bits per heavy atom. The van der Waals surface area contributed by atoms with Crippen molar-refractivity contribution in [1.29, 1.82) is 0 Å². The van der Waals surface area contributed by atoms with E-state index in [1.807, 2.05) is 12.1 Å². The summed E-state index contributed by atoms with van der Waals surface area (Å²) in [7, 11) is 3.81. The minimum Gasteiger partial charge on any atom is -0.345 e. The Balaban J connectivity index is 1.88. The molecule has 0 radical (unpaired) electrons. The number of carbonyl (C=O) groups excluding carboxylic acids is 1. The van der Waals surface area contributed by atoms with Crippen LogP contribution in [0.4, 0.5) is 5.82 Å². The van der Waals surface area contributed by atoms with E-state index in [9.17, 15) is 9.59 Å². The van der Waals surface area contributed by atoms with Crippen LogP contribution >= 0.6 is 24.0 Å². The number of nitrogens with zero attached hydrogens (tertiary/aromatic N) is 4. The largest absolute Gasteiger partial charge is 0.345 e. The summed E-state index contributed by atoms with van der Waals surface area (Å²) in [5, 5.41) is 0. The highest BCUT2D eigenvalue weighted by Gasteiger charge is 2.30. The number of amides is 1. The van der Waals surface area contributed by atoms with E-state index in [2.05, 4.69) is 11.9 Å². The molecule has 0 saturated carbocycles. The Morgan fingerprint density at radius 2 is 2.00 bits per heavy atom. The van der Waals surface area contributed by atoms with Gasteiger partial charge in [0.1, 0.15) is 15.8 Å². The van der Waals surface area contributed by atoms with Crippen LogP contribution in [-0.2, 0) is 4.79 Å². The van der Waals surface area contributed by atoms with Gasteiger partial charge in [-0.3, -0.25) is 18.9 Å². The second-order valence-electron chi connectivity index (χ2n) is 6.77. The standard InChI is InChI=1S/C18H19N5O2S2/c1-20-7-9-22(10-8-20)15-12(11-13-17(25)21(2)18(26)27-13)16(24)23-6-4-3-5-14(23)19-15/h3-6,11H,7-10H2,1-2H3/p+1/b13-11-. The maximum Gasteiger partial charge on any atom is 0.267 e. The fraction of sp³-hybridized carbons (Fsp3) is 0.333. The van der Waals surface area contributed by atoms with Gasteiger partial charge < -0.3 is 9.80 Å². The zero-order chi connectivity index (χ0) is 19.1. The summed E-state index contributed by atoms with van der Waals surface area (Å²) >= 11 is 6.42. The number of pyridine rings is 1. The Kier molecular flexibility index (Phi) is 4.75. The van der Waals surface area contributed by atoms with Crippen LogP contribution in [0.2, 0.25) is 0 Å². The van der Waals surface area contributed by atoms with Crippen LogP contribution in [0.5, 0.6) is 0 Å². The van der Waals surface area contributed by atoms with E-state index in [0.29, 0.717) is 26.3 Å². The number of anilines is 1. The predicted molar refractivity (Wildman–Crippen MR) is 111 cm³/mol. The van der Waals surface area contributed by atoms with Crippen LogP contribution < -0.4 is 15.4 Å². The third kappa shape index (κ3) is 3.26. The monoisotopic (exact) mass is 402 g/mol. The number of aromatic nitrogens is 2. The third-order valence-corrected chi connectivity index (χ3v) is 6.41. The third-order valence-electron chi connectivity index (χ3n) is 4.93. The molecule has 4 rings (SSSR count). The molecule has 2 fully saturated rings. The lowest BCUT2D eigenvalue weighted by Crippen LogP contribution is -3.12. The SMILES string of the molecule is CN1C(=O)/C(=C/c2c(N3CC[NH+](C)CC3)nc3ccccn3c2=O)SC1=S. The summed E-state index contributed by atoms with van der Waals surface area (Å²) in [5.41, 5.74) is 0.861. The van der Waals surface area contributed by atoms with Crippen molar-refractivity contribution in [2.24, 2.45) is 0 Å². The zero-order valence-electron chi connectivity index (χ0n) is 15.1. The first-order valence-electron chi connectivity index (χ1n) is 8.75. The van der Waals surface area contributed by atoms with Crippen molar-refractivity contribution in [2.45, 2.75) is 0 Å². The molecule has 27 heavy (non-hydrogen) atoms. The lowest BCUT2D eigenvalue weighted by atomic mass is 10.2. The van der Waals surface area contributed by atoms with Gasteiger partial charge in [-0.2, -0.15) is 0 Å². The first-order valence-corrected chi connectivity index (χ1v) is 9.97. The maximum absolute atomic E-state index is 13.2. The number of rotatable bonds is 2. The summed E-state index contributed by atoms with van der Waals surface area (Å²) in [4.78, 5) is 35.9. The van der Waals surface area contributed by atoms with Gasteiger partial charge in [0.25, 0.3) is 11.5 Å². The molecule has 1 N–H and O–H groups in total. The summed E-state index contributed by atoms with van der Waals surface area (Å²) in [5.74, 6) is 0.455. The topological polar surface area (TPSA) is 62.4 Å². The summed E-state index contributed by atoms with van der Waals surface area (Å²) in [6, 6.07) is 5.48. The molecule has 2 aliphatic heterocycles. The van der Waals surface area contributed by atoms with Gasteiger partial charge in [0, 0.05) is 13.2 Å². The number of nitrogens with one attached hydrogen (secondary N) is 1. The molecule has 7 nitrogen and oxygen atoms in total. The summed E-state index contributed by atoms with van der Waals surface area (Å²) in [6.07, 6.45) is 3.35. The first-order chi connectivity index (χ1) is 13.0. The van der Waals surface area contributed by atoms with Gasteiger partial charge in [0.2, 0.25) is 0 Å². The number of thioether (sulfide) groups is 1. The van der Waals surface area contributed by atoms with Gasteiger partial charge >= 0.3 is 0 Å². The lowest BCUT2D eigenvalue weighted by molar-refractivity contribution is -0.880. The van der Waals surface area contributed by atoms with Crippen molar-refractivity contribution in [3.63, 3.8) is 0 Å². The van der Waals surface area contributed by atoms with Crippen LogP contribution in [0, 0.1) is 0 Å². The number of carbonyl (C=O) groups is 1. The Morgan fingerprint density at radius 1 is 1.26 bits per heavy atom. The number of fused-ring (bicyclic) bond motifs is 1. The molecule has 2 aromatic heterocycles. The van der Waals surface area contributed by atoms with Crippen molar-refractivity contribution >= 4 is 51.7 Å². The van der Waals surface area contributed by atoms with E-state index < -0.39 is 0 Å². The average Bonchev–Trinajstić information content (AvgIpc) is 2.91. The van der Waals surface area contributed by atoms with E-state index in [1.165, 1.54) is 26.0 Å². The van der Waals surface area contributed by atoms with Crippen LogP contribution in [-0.4, -0.2) is 64.8 Å². The number of quaternary nitrogens is 1. The minimum atomic E-state index is -0.184. The molecule has 2 aliphatic rings. The molecule has 2 aromatic rings. The van der Waals surface area contributed by atoms with Gasteiger partial charge in [0.05, 0.1) is 43.7 Å². The Hall–Kier alpha value is -2.23. The molecule has 2 saturated heterocycles. The summed E-state index contributed by atoms with van der Waals surface area (Å²) in [6.45, 7) is 3.59. The van der Waals surface area contributed by atoms with Crippen molar-refractivity contribution in [2.75, 3.05) is 45.2 Å². The van der Waals surface area contributed by atoms with Gasteiger partial charge in [0.15, 0.2) is 0 Å². The van der Waals surface area contributed by atoms with E-state index in [0.717, 1.165) is 26.2 Å². The highest BCUT2D eigenvalue weighted by atomic mass is 32.2. The molecule has 140 valence electrons. The average molecular weight is 403 g/mol. The number of likely N-dealkylation sites (N-methyl/N-ethyl adjacent to an activating group) is 2. The number of hydrogen-bond donors (Lipinski definition) is 1. The second kappa shape index (κ2) is 7.06. The molecule has 0 aromatic carbocycles. The minimum absolute atomic E-state index is 0.178. The van der Waals surface area contributed by atoms with E-state index in [-0.39, 0.29) is 11.5 Å². The smallest absolute Gasteiger partial charge is 0.267 e. The second-order valence-corrected chi connectivity index (χ2v) is 8.44. The van der Waals surface area contributed by atoms with Crippen LogP contribution in [0.25, 0.3) is 11.7 Å². The fourth-order valence-corrected chi connectivity index (χ4v) is 4.40. The fourth-order valence-electron chi connectivity index (χ4n) is 3.24. The number of piperazine rings is 1. The molecule has 0 aliphatic carbocycles. The zero-order valence-corrected chi connectivity index (χ0v) is 16.8. The van der Waals surface area contributed by atoms with E-state index in [4.69, 9.17) is 17.2 Å². The highest BCUT2D eigenvalue weighted by Crippen LogP contribution is 2.32. The van der Waals surface area contributed by atoms with Crippen LogP contribution in [0.15, 0.2) is 34.1 Å². The molecule has 0 bridgehead atoms. The van der Waals surface area contributed by atoms with Crippen molar-refractivity contribution in [3.05, 3.63) is 45.2 Å². The molecule has 9 heteroatoms. The first kappa shape index (κ1) is 18.1. The molecule has 1 amide bonds. The van der Waals surface area contributed by atoms with Gasteiger partial charge in [-0.05, 0) is 18.2 Å². The number of thiocarbonyl (C=S) groups is 1. The van der Waals surface area contributed by atoms with E-state index in [1.54, 1.807) is 25.4 Å². The molecule has 0 unspecified atom stereocenters. The summed E-state index contributed by atoms with van der Waals surface area (Å²) < 4.78 is 2.01. The molecular formula is C18H20N5O2S2+. The lowest BCUT2D eigenvalue weighted by Gasteiger charge is -2.31. The maximum atomic E-state index is 13.2. The van der Waals surface area contributed by atoms with E-state index >= 15 is 0 Å². The quantitative estimate of drug-likeness (QED) is 0.557. The molecular weight excluding hydrogens is 382 g/mol. The van der Waals surface area contributed by atoms with Crippen LogP contribution in [0.1, 0.15) is 5.56 Å². The molecule has 0 spiro atoms. The predicted octanol–water partition coefficient (Wildman–Crippen LogP) is -0.140. The van der Waals surface area contributed by atoms with Crippen molar-refractivity contribution in [3.8, 4) is 0 Å². The van der Waals surface area contributed by atoms with Crippen molar-refractivity contribution in [1.82, 2.24) is 14.3 Å². The van der Waals surface area contributed by atoms with Gasteiger partial charge in [-0.25, -0.2) is 4.98 Å². The molecule has 4 heterocycles. The van der Waals surface area contributed by atoms with Gasteiger partial charge in [-0.1, -0.05) is 30.0 Å². The Labute approximate surface area is 166 Å². The molecule has 0 atom stereocenters. The normalized spacial score (nSPS) is 20.3. The highest BCUT2D eigenvalue weighted by molar-refractivity contribution is 8.26. The Bertz CT molecular complexity index is 1020. The van der Waals surface area contributed by atoms with Crippen LogP contribution in [0.3, 0.4) is 0 Å². The van der Waals surface area contributed by atoms with Gasteiger partial charge in [-0.15, -0.1) is 0 Å². The number of hydrogen-bond acceptors (Lipinski definition) is 6.